The van der Waals surface area contributed by atoms with Crippen LogP contribution in [0.4, 0.5) is 0 Å². The number of ether oxygens (including phenoxy) is 5. The summed E-state index contributed by atoms with van der Waals surface area (Å²) in [5.74, 6) is 0. The van der Waals surface area contributed by atoms with Gasteiger partial charge in [0.25, 0.3) is 0 Å². The highest BCUT2D eigenvalue weighted by atomic mass is 16.7. The molecular weight excluding hydrogens is 456 g/mol. The lowest BCUT2D eigenvalue weighted by atomic mass is 9.98. The van der Waals surface area contributed by atoms with E-state index >= 15 is 0 Å². The van der Waals surface area contributed by atoms with Crippen molar-refractivity contribution in [2.75, 3.05) is 13.2 Å². The minimum Gasteiger partial charge on any atom is -0.375 e. The zero-order valence-corrected chi connectivity index (χ0v) is 20.4. The van der Waals surface area contributed by atoms with Crippen molar-refractivity contribution in [2.45, 2.75) is 50.5 Å². The van der Waals surface area contributed by atoms with E-state index in [1.807, 2.05) is 91.0 Å². The maximum absolute atomic E-state index is 11.0. The van der Waals surface area contributed by atoms with Gasteiger partial charge in [0.2, 0.25) is 0 Å². The van der Waals surface area contributed by atoms with E-state index in [-0.39, 0.29) is 6.61 Å². The Labute approximate surface area is 213 Å². The van der Waals surface area contributed by atoms with Gasteiger partial charge in [-0.05, 0) is 16.7 Å². The molecule has 0 aromatic heterocycles. The standard InChI is InChI=1S/C30H34O6/c1-2-18-32-22-26-27(33-19-23-12-6-3-7-13-23)28(34-20-24-14-8-4-9-15-24)29(30(31)36-26)35-21-25-16-10-5-11-17-25/h2-17,26-31H,1,18-22H2/t26-,27-,28+,29-,30+/m1/s1. The first kappa shape index (κ1) is 26.2. The van der Waals surface area contributed by atoms with E-state index in [4.69, 9.17) is 23.7 Å². The van der Waals surface area contributed by atoms with Crippen LogP contribution in [-0.2, 0) is 43.5 Å². The number of aliphatic hydroxyl groups excluding tert-OH is 1. The molecule has 6 heteroatoms. The number of benzene rings is 3. The Morgan fingerprint density at radius 1 is 0.667 bits per heavy atom. The largest absolute Gasteiger partial charge is 0.375 e. The third-order valence-corrected chi connectivity index (χ3v) is 5.98. The number of hydrogen-bond acceptors (Lipinski definition) is 6. The van der Waals surface area contributed by atoms with Gasteiger partial charge in [-0.25, -0.2) is 0 Å². The fourth-order valence-electron chi connectivity index (χ4n) is 4.17. The van der Waals surface area contributed by atoms with E-state index in [0.29, 0.717) is 26.4 Å². The first-order valence-electron chi connectivity index (χ1n) is 12.2. The molecule has 3 aromatic carbocycles. The van der Waals surface area contributed by atoms with Crippen LogP contribution in [-0.4, -0.2) is 49.0 Å². The van der Waals surface area contributed by atoms with Crippen LogP contribution < -0.4 is 0 Å². The highest BCUT2D eigenvalue weighted by molar-refractivity contribution is 5.15. The highest BCUT2D eigenvalue weighted by Crippen LogP contribution is 2.30. The lowest BCUT2D eigenvalue weighted by Crippen LogP contribution is -2.61. The Bertz CT molecular complexity index is 1010. The molecule has 0 saturated carbocycles. The van der Waals surface area contributed by atoms with E-state index in [1.165, 1.54) is 0 Å². The van der Waals surface area contributed by atoms with Crippen molar-refractivity contribution >= 4 is 0 Å². The second-order valence-corrected chi connectivity index (χ2v) is 8.67. The molecule has 0 spiro atoms. The molecule has 3 aromatic rings. The summed E-state index contributed by atoms with van der Waals surface area (Å²) in [5, 5.41) is 11.0. The predicted molar refractivity (Wildman–Crippen MR) is 137 cm³/mol. The summed E-state index contributed by atoms with van der Waals surface area (Å²) in [5.41, 5.74) is 3.03. The molecule has 0 radical (unpaired) electrons. The SMILES string of the molecule is C=CCOC[C@H]1O[C@H](O)[C@H](OCc2ccccc2)[C@@H](OCc2ccccc2)[C@@H]1OCc1ccccc1. The number of rotatable bonds is 13. The van der Waals surface area contributed by atoms with Gasteiger partial charge < -0.3 is 28.8 Å². The average Bonchev–Trinajstić information content (AvgIpc) is 2.92. The van der Waals surface area contributed by atoms with Gasteiger partial charge >= 0.3 is 0 Å². The Balaban J connectivity index is 1.56. The summed E-state index contributed by atoms with van der Waals surface area (Å²) in [4.78, 5) is 0. The van der Waals surface area contributed by atoms with E-state index in [9.17, 15) is 5.11 Å². The molecule has 5 atom stereocenters. The maximum Gasteiger partial charge on any atom is 0.184 e. The van der Waals surface area contributed by atoms with Gasteiger partial charge in [-0.2, -0.15) is 0 Å². The van der Waals surface area contributed by atoms with Crippen molar-refractivity contribution in [1.82, 2.24) is 0 Å². The zero-order valence-electron chi connectivity index (χ0n) is 20.4. The van der Waals surface area contributed by atoms with Gasteiger partial charge in [0.15, 0.2) is 6.29 Å². The quantitative estimate of drug-likeness (QED) is 0.278. The van der Waals surface area contributed by atoms with E-state index < -0.39 is 30.7 Å². The van der Waals surface area contributed by atoms with Crippen LogP contribution in [0.3, 0.4) is 0 Å². The van der Waals surface area contributed by atoms with Crippen LogP contribution >= 0.6 is 0 Å². The number of hydrogen-bond donors (Lipinski definition) is 1. The monoisotopic (exact) mass is 490 g/mol. The predicted octanol–water partition coefficient (Wildman–Crippen LogP) is 4.66. The van der Waals surface area contributed by atoms with E-state index in [2.05, 4.69) is 6.58 Å². The molecule has 190 valence electrons. The molecule has 1 aliphatic heterocycles. The lowest BCUT2D eigenvalue weighted by molar-refractivity contribution is -0.316. The minimum atomic E-state index is -1.21. The molecule has 4 rings (SSSR count). The third-order valence-electron chi connectivity index (χ3n) is 5.98. The molecule has 6 nitrogen and oxygen atoms in total. The van der Waals surface area contributed by atoms with Crippen molar-refractivity contribution in [3.05, 3.63) is 120 Å². The normalized spacial score (nSPS) is 23.9. The fourth-order valence-corrected chi connectivity index (χ4v) is 4.17. The Hall–Kier alpha value is -2.84. The van der Waals surface area contributed by atoms with E-state index in [1.54, 1.807) is 6.08 Å². The fraction of sp³-hybridized carbons (Fsp3) is 0.333. The summed E-state index contributed by atoms with van der Waals surface area (Å²) < 4.78 is 30.7. The van der Waals surface area contributed by atoms with Crippen LogP contribution in [0.1, 0.15) is 16.7 Å². The minimum absolute atomic E-state index is 0.221. The van der Waals surface area contributed by atoms with Gasteiger partial charge in [-0.3, -0.25) is 0 Å². The summed E-state index contributed by atoms with van der Waals surface area (Å²) in [6, 6.07) is 29.6. The molecule has 36 heavy (non-hydrogen) atoms. The van der Waals surface area contributed by atoms with Crippen molar-refractivity contribution in [3.8, 4) is 0 Å². The summed E-state index contributed by atoms with van der Waals surface area (Å²) in [6.45, 7) is 5.30. The Kier molecular flexibility index (Phi) is 10.2. The Morgan fingerprint density at radius 2 is 1.11 bits per heavy atom. The first-order valence-corrected chi connectivity index (χ1v) is 12.2. The van der Waals surface area contributed by atoms with Gasteiger partial charge in [-0.1, -0.05) is 97.1 Å². The van der Waals surface area contributed by atoms with Crippen LogP contribution in [0.5, 0.6) is 0 Å². The zero-order chi connectivity index (χ0) is 25.0. The third kappa shape index (κ3) is 7.58. The molecule has 0 unspecified atom stereocenters. The van der Waals surface area contributed by atoms with Crippen LogP contribution in [0, 0.1) is 0 Å². The molecule has 1 heterocycles. The molecular formula is C30H34O6. The number of aliphatic hydroxyl groups is 1. The average molecular weight is 491 g/mol. The molecule has 0 aliphatic carbocycles. The van der Waals surface area contributed by atoms with Gasteiger partial charge in [0.05, 0.1) is 33.0 Å². The summed E-state index contributed by atoms with van der Waals surface area (Å²) in [6.07, 6.45) is -1.98. The topological polar surface area (TPSA) is 66.4 Å². The second-order valence-electron chi connectivity index (χ2n) is 8.67. The van der Waals surface area contributed by atoms with Crippen molar-refractivity contribution in [1.29, 1.82) is 0 Å². The second kappa shape index (κ2) is 14.0. The van der Waals surface area contributed by atoms with E-state index in [0.717, 1.165) is 16.7 Å². The van der Waals surface area contributed by atoms with Crippen LogP contribution in [0.15, 0.2) is 104 Å². The van der Waals surface area contributed by atoms with Gasteiger partial charge in [0, 0.05) is 0 Å². The Morgan fingerprint density at radius 3 is 1.58 bits per heavy atom. The summed E-state index contributed by atoms with van der Waals surface area (Å²) >= 11 is 0. The smallest absolute Gasteiger partial charge is 0.184 e. The summed E-state index contributed by atoms with van der Waals surface area (Å²) in [7, 11) is 0. The molecule has 1 aliphatic rings. The maximum atomic E-state index is 11.0. The van der Waals surface area contributed by atoms with Crippen molar-refractivity contribution in [3.63, 3.8) is 0 Å². The molecule has 1 N–H and O–H groups in total. The van der Waals surface area contributed by atoms with Gasteiger partial charge in [-0.15, -0.1) is 6.58 Å². The van der Waals surface area contributed by atoms with Crippen LogP contribution in [0.2, 0.25) is 0 Å². The van der Waals surface area contributed by atoms with Crippen LogP contribution in [0.25, 0.3) is 0 Å². The molecule has 1 fully saturated rings. The van der Waals surface area contributed by atoms with Crippen molar-refractivity contribution in [2.24, 2.45) is 0 Å². The molecule has 0 amide bonds. The first-order chi connectivity index (χ1) is 17.7. The highest BCUT2D eigenvalue weighted by Gasteiger charge is 2.48. The van der Waals surface area contributed by atoms with Gasteiger partial charge in [0.1, 0.15) is 24.4 Å². The molecule has 0 bridgehead atoms. The van der Waals surface area contributed by atoms with Crippen molar-refractivity contribution < 1.29 is 28.8 Å². The molecule has 1 saturated heterocycles. The lowest BCUT2D eigenvalue weighted by Gasteiger charge is -2.44.